The number of hydrogen-bond donors (Lipinski definition) is 2. The third-order valence-corrected chi connectivity index (χ3v) is 3.17. The van der Waals surface area contributed by atoms with Crippen LogP contribution in [0.15, 0.2) is 18.2 Å². The van der Waals surface area contributed by atoms with Gasteiger partial charge in [-0.1, -0.05) is 0 Å². The molecule has 1 saturated heterocycles. The van der Waals surface area contributed by atoms with Gasteiger partial charge in [0.05, 0.1) is 30.2 Å². The van der Waals surface area contributed by atoms with Crippen molar-refractivity contribution in [2.75, 3.05) is 37.4 Å². The zero-order valence-corrected chi connectivity index (χ0v) is 11.1. The van der Waals surface area contributed by atoms with Crippen molar-refractivity contribution in [2.24, 2.45) is 5.92 Å². The second kappa shape index (κ2) is 6.43. The Morgan fingerprint density at radius 2 is 2.42 bits per heavy atom. The molecule has 1 aromatic carbocycles. The van der Waals surface area contributed by atoms with Gasteiger partial charge in [0.1, 0.15) is 0 Å². The van der Waals surface area contributed by atoms with Crippen LogP contribution in [0, 0.1) is 5.92 Å². The molecule has 1 heterocycles. The molecular weight excluding hydrogens is 244 g/mol. The standard InChI is InChI=1S/C14H20N2O3/c1-2-19-14(17)11-3-4-12(15)13(7-11)16-8-10-5-6-18-9-10/h3-4,7,10,16H,2,5-6,8-9,15H2,1H3. The van der Waals surface area contributed by atoms with Crippen LogP contribution in [-0.2, 0) is 9.47 Å². The molecule has 3 N–H and O–H groups in total. The van der Waals surface area contributed by atoms with E-state index in [1.165, 1.54) is 0 Å². The van der Waals surface area contributed by atoms with Crippen molar-refractivity contribution in [2.45, 2.75) is 13.3 Å². The van der Waals surface area contributed by atoms with E-state index in [0.29, 0.717) is 23.8 Å². The van der Waals surface area contributed by atoms with Crippen LogP contribution in [0.25, 0.3) is 0 Å². The third kappa shape index (κ3) is 3.61. The molecule has 0 radical (unpaired) electrons. The molecule has 19 heavy (non-hydrogen) atoms. The number of esters is 1. The van der Waals surface area contributed by atoms with Gasteiger partial charge in [-0.25, -0.2) is 4.79 Å². The molecular formula is C14H20N2O3. The van der Waals surface area contributed by atoms with Crippen molar-refractivity contribution in [3.63, 3.8) is 0 Å². The summed E-state index contributed by atoms with van der Waals surface area (Å²) in [5, 5.41) is 3.28. The SMILES string of the molecule is CCOC(=O)c1ccc(N)c(NCC2CCOC2)c1. The topological polar surface area (TPSA) is 73.6 Å². The molecule has 0 spiro atoms. The van der Waals surface area contributed by atoms with Crippen LogP contribution in [-0.4, -0.2) is 32.3 Å². The predicted octanol–water partition coefficient (Wildman–Crippen LogP) is 1.89. The van der Waals surface area contributed by atoms with E-state index in [4.69, 9.17) is 15.2 Å². The number of ether oxygens (including phenoxy) is 2. The summed E-state index contributed by atoms with van der Waals surface area (Å²) in [5.41, 5.74) is 7.82. The summed E-state index contributed by atoms with van der Waals surface area (Å²) in [5.74, 6) is 0.181. The smallest absolute Gasteiger partial charge is 0.338 e. The fraction of sp³-hybridized carbons (Fsp3) is 0.500. The van der Waals surface area contributed by atoms with E-state index in [1.807, 2.05) is 0 Å². The fourth-order valence-corrected chi connectivity index (χ4v) is 2.05. The highest BCUT2D eigenvalue weighted by molar-refractivity contribution is 5.92. The molecule has 2 rings (SSSR count). The molecule has 1 unspecified atom stereocenters. The van der Waals surface area contributed by atoms with Gasteiger partial charge in [-0.2, -0.15) is 0 Å². The zero-order chi connectivity index (χ0) is 13.7. The fourth-order valence-electron chi connectivity index (χ4n) is 2.05. The lowest BCUT2D eigenvalue weighted by molar-refractivity contribution is 0.0526. The first-order valence-corrected chi connectivity index (χ1v) is 6.59. The molecule has 1 atom stereocenters. The average molecular weight is 264 g/mol. The van der Waals surface area contributed by atoms with Gasteiger partial charge in [0.25, 0.3) is 0 Å². The number of carbonyl (C=O) groups is 1. The number of carbonyl (C=O) groups excluding carboxylic acids is 1. The Kier molecular flexibility index (Phi) is 4.63. The largest absolute Gasteiger partial charge is 0.462 e. The van der Waals surface area contributed by atoms with E-state index in [0.717, 1.165) is 31.9 Å². The number of rotatable bonds is 5. The Morgan fingerprint density at radius 1 is 1.58 bits per heavy atom. The van der Waals surface area contributed by atoms with Crippen molar-refractivity contribution < 1.29 is 14.3 Å². The first kappa shape index (κ1) is 13.7. The quantitative estimate of drug-likeness (QED) is 0.627. The van der Waals surface area contributed by atoms with Gasteiger partial charge in [-0.3, -0.25) is 0 Å². The number of hydrogen-bond acceptors (Lipinski definition) is 5. The number of anilines is 2. The van der Waals surface area contributed by atoms with Crippen LogP contribution in [0.2, 0.25) is 0 Å². The summed E-state index contributed by atoms with van der Waals surface area (Å²) >= 11 is 0. The van der Waals surface area contributed by atoms with Crippen molar-refractivity contribution in [3.05, 3.63) is 23.8 Å². The van der Waals surface area contributed by atoms with Gasteiger partial charge in [0, 0.05) is 19.1 Å². The molecule has 0 saturated carbocycles. The van der Waals surface area contributed by atoms with Gasteiger partial charge < -0.3 is 20.5 Å². The summed E-state index contributed by atoms with van der Waals surface area (Å²) < 4.78 is 10.3. The van der Waals surface area contributed by atoms with Crippen molar-refractivity contribution in [3.8, 4) is 0 Å². The summed E-state index contributed by atoms with van der Waals surface area (Å²) in [7, 11) is 0. The van der Waals surface area contributed by atoms with Gasteiger partial charge >= 0.3 is 5.97 Å². The Morgan fingerprint density at radius 3 is 3.11 bits per heavy atom. The molecule has 5 nitrogen and oxygen atoms in total. The molecule has 0 bridgehead atoms. The molecule has 0 amide bonds. The molecule has 1 aliphatic rings. The van der Waals surface area contributed by atoms with Crippen LogP contribution < -0.4 is 11.1 Å². The van der Waals surface area contributed by atoms with Crippen molar-refractivity contribution >= 4 is 17.3 Å². The van der Waals surface area contributed by atoms with E-state index >= 15 is 0 Å². The van der Waals surface area contributed by atoms with E-state index in [9.17, 15) is 4.79 Å². The van der Waals surface area contributed by atoms with Crippen molar-refractivity contribution in [1.82, 2.24) is 0 Å². The van der Waals surface area contributed by atoms with E-state index < -0.39 is 0 Å². The lowest BCUT2D eigenvalue weighted by Crippen LogP contribution is -2.15. The highest BCUT2D eigenvalue weighted by Gasteiger charge is 2.16. The average Bonchev–Trinajstić information content (AvgIpc) is 2.91. The first-order chi connectivity index (χ1) is 9.20. The molecule has 0 aromatic heterocycles. The predicted molar refractivity (Wildman–Crippen MR) is 74.2 cm³/mol. The highest BCUT2D eigenvalue weighted by Crippen LogP contribution is 2.22. The summed E-state index contributed by atoms with van der Waals surface area (Å²) in [6.45, 7) is 4.56. The normalized spacial score (nSPS) is 18.3. The summed E-state index contributed by atoms with van der Waals surface area (Å²) in [4.78, 5) is 11.7. The maximum Gasteiger partial charge on any atom is 0.338 e. The molecule has 1 fully saturated rings. The monoisotopic (exact) mass is 264 g/mol. The minimum atomic E-state index is -0.324. The van der Waals surface area contributed by atoms with Gasteiger partial charge in [0.2, 0.25) is 0 Å². The maximum atomic E-state index is 11.7. The van der Waals surface area contributed by atoms with Gasteiger partial charge in [-0.15, -0.1) is 0 Å². The number of nitrogens with one attached hydrogen (secondary N) is 1. The zero-order valence-electron chi connectivity index (χ0n) is 11.1. The van der Waals surface area contributed by atoms with Crippen molar-refractivity contribution in [1.29, 1.82) is 0 Å². The van der Waals surface area contributed by atoms with E-state index in [-0.39, 0.29) is 5.97 Å². The summed E-state index contributed by atoms with van der Waals surface area (Å²) in [6.07, 6.45) is 1.06. The minimum Gasteiger partial charge on any atom is -0.462 e. The molecule has 5 heteroatoms. The Balaban J connectivity index is 2.01. The van der Waals surface area contributed by atoms with E-state index in [2.05, 4.69) is 5.32 Å². The van der Waals surface area contributed by atoms with Crippen LogP contribution in [0.1, 0.15) is 23.7 Å². The van der Waals surface area contributed by atoms with Crippen LogP contribution in [0.3, 0.4) is 0 Å². The highest BCUT2D eigenvalue weighted by atomic mass is 16.5. The first-order valence-electron chi connectivity index (χ1n) is 6.59. The van der Waals surface area contributed by atoms with E-state index in [1.54, 1.807) is 25.1 Å². The molecule has 1 aromatic rings. The van der Waals surface area contributed by atoms with Crippen LogP contribution >= 0.6 is 0 Å². The minimum absolute atomic E-state index is 0.324. The molecule has 1 aliphatic heterocycles. The number of nitrogen functional groups attached to an aromatic ring is 1. The Labute approximate surface area is 113 Å². The number of benzene rings is 1. The van der Waals surface area contributed by atoms with Gasteiger partial charge in [-0.05, 0) is 31.5 Å². The second-order valence-electron chi connectivity index (χ2n) is 4.63. The van der Waals surface area contributed by atoms with Crippen LogP contribution in [0.5, 0.6) is 0 Å². The lowest BCUT2D eigenvalue weighted by Gasteiger charge is -2.13. The number of nitrogens with two attached hydrogens (primary N) is 1. The second-order valence-corrected chi connectivity index (χ2v) is 4.63. The molecule has 0 aliphatic carbocycles. The maximum absolute atomic E-state index is 11.7. The summed E-state index contributed by atoms with van der Waals surface area (Å²) in [6, 6.07) is 5.14. The van der Waals surface area contributed by atoms with Gasteiger partial charge in [0.15, 0.2) is 0 Å². The third-order valence-electron chi connectivity index (χ3n) is 3.17. The van der Waals surface area contributed by atoms with Crippen LogP contribution in [0.4, 0.5) is 11.4 Å². The lowest BCUT2D eigenvalue weighted by atomic mass is 10.1. The Bertz CT molecular complexity index is 442. The molecule has 104 valence electrons. The Hall–Kier alpha value is -1.75.